The Morgan fingerprint density at radius 2 is 1.91 bits per heavy atom. The molecule has 0 aliphatic carbocycles. The molecule has 1 unspecified atom stereocenters. The molecule has 0 aliphatic heterocycles. The molecule has 2 nitrogen and oxygen atoms in total. The van der Waals surface area contributed by atoms with E-state index < -0.39 is 5.60 Å². The van der Waals surface area contributed by atoms with Crippen molar-refractivity contribution in [3.63, 3.8) is 0 Å². The van der Waals surface area contributed by atoms with E-state index in [0.717, 1.165) is 13.0 Å². The predicted octanol–water partition coefficient (Wildman–Crippen LogP) is 1.49. The summed E-state index contributed by atoms with van der Waals surface area (Å²) in [6, 6.07) is 0.557. The van der Waals surface area contributed by atoms with Gasteiger partial charge in [0.1, 0.15) is 0 Å². The summed E-state index contributed by atoms with van der Waals surface area (Å²) in [4.78, 5) is 2.18. The molecule has 0 radical (unpaired) electrons. The highest BCUT2D eigenvalue weighted by Crippen LogP contribution is 2.07. The fraction of sp³-hybridized carbons (Fsp3) is 1.00. The van der Waals surface area contributed by atoms with Gasteiger partial charge in [-0.15, -0.1) is 0 Å². The number of hydrogen-bond acceptors (Lipinski definition) is 2. The van der Waals surface area contributed by atoms with Crippen LogP contribution in [-0.2, 0) is 0 Å². The van der Waals surface area contributed by atoms with Crippen molar-refractivity contribution in [3.05, 3.63) is 0 Å². The molecule has 0 aliphatic rings. The van der Waals surface area contributed by atoms with E-state index in [0.29, 0.717) is 6.04 Å². The third-order valence-corrected chi connectivity index (χ3v) is 1.98. The van der Waals surface area contributed by atoms with Crippen LogP contribution in [0.15, 0.2) is 0 Å². The van der Waals surface area contributed by atoms with E-state index in [1.165, 1.54) is 0 Å². The summed E-state index contributed by atoms with van der Waals surface area (Å²) in [7, 11) is 2.05. The first-order valence-electron chi connectivity index (χ1n) is 4.29. The molecule has 2 heteroatoms. The first-order chi connectivity index (χ1) is 4.87. The van der Waals surface area contributed by atoms with Gasteiger partial charge in [0.05, 0.1) is 5.60 Å². The molecule has 0 heterocycles. The largest absolute Gasteiger partial charge is 0.389 e. The Hall–Kier alpha value is -0.0800. The Labute approximate surface area is 70.2 Å². The summed E-state index contributed by atoms with van der Waals surface area (Å²) in [5, 5.41) is 9.49. The molecule has 0 bridgehead atoms. The van der Waals surface area contributed by atoms with E-state index in [4.69, 9.17) is 0 Å². The van der Waals surface area contributed by atoms with Crippen LogP contribution in [0.3, 0.4) is 0 Å². The third kappa shape index (κ3) is 5.22. The quantitative estimate of drug-likeness (QED) is 0.671. The lowest BCUT2D eigenvalue weighted by Gasteiger charge is -2.29. The molecule has 0 fully saturated rings. The fourth-order valence-corrected chi connectivity index (χ4v) is 1.08. The number of aliphatic hydroxyl groups is 1. The van der Waals surface area contributed by atoms with Gasteiger partial charge in [0.15, 0.2) is 0 Å². The summed E-state index contributed by atoms with van der Waals surface area (Å²) < 4.78 is 0. The van der Waals surface area contributed by atoms with Crippen molar-refractivity contribution in [1.82, 2.24) is 4.90 Å². The Bertz CT molecular complexity index is 107. The highest BCUT2D eigenvalue weighted by molar-refractivity contribution is 4.72. The molecule has 0 saturated heterocycles. The zero-order valence-corrected chi connectivity index (χ0v) is 8.39. The third-order valence-electron chi connectivity index (χ3n) is 1.98. The number of hydrogen-bond donors (Lipinski definition) is 1. The second-order valence-corrected chi connectivity index (χ2v) is 3.98. The molecule has 1 N–H and O–H groups in total. The maximum Gasteiger partial charge on any atom is 0.0718 e. The lowest BCUT2D eigenvalue weighted by molar-refractivity contribution is 0.0331. The molecule has 68 valence electrons. The van der Waals surface area contributed by atoms with Crippen molar-refractivity contribution in [1.29, 1.82) is 0 Å². The van der Waals surface area contributed by atoms with E-state index in [9.17, 15) is 5.11 Å². The van der Waals surface area contributed by atoms with Gasteiger partial charge in [-0.1, -0.05) is 6.92 Å². The van der Waals surface area contributed by atoms with Crippen molar-refractivity contribution in [2.45, 2.75) is 45.8 Å². The van der Waals surface area contributed by atoms with Crippen LogP contribution in [0.4, 0.5) is 0 Å². The van der Waals surface area contributed by atoms with Crippen LogP contribution in [-0.4, -0.2) is 35.2 Å². The van der Waals surface area contributed by atoms with Crippen molar-refractivity contribution in [2.75, 3.05) is 13.6 Å². The van der Waals surface area contributed by atoms with Crippen LogP contribution >= 0.6 is 0 Å². The standard InChI is InChI=1S/C9H21NO/c1-6-8(2)10(5)7-9(3,4)11/h8,11H,6-7H2,1-5H3. The average molecular weight is 159 g/mol. The lowest BCUT2D eigenvalue weighted by atomic mass is 10.1. The lowest BCUT2D eigenvalue weighted by Crippen LogP contribution is -2.40. The summed E-state index contributed by atoms with van der Waals surface area (Å²) in [5.74, 6) is 0. The van der Waals surface area contributed by atoms with E-state index in [1.54, 1.807) is 0 Å². The minimum absolute atomic E-state index is 0.557. The SMILES string of the molecule is CCC(C)N(C)CC(C)(C)O. The number of rotatable bonds is 4. The zero-order chi connectivity index (χ0) is 9.07. The van der Waals surface area contributed by atoms with E-state index in [1.807, 2.05) is 20.9 Å². The zero-order valence-electron chi connectivity index (χ0n) is 8.39. The van der Waals surface area contributed by atoms with Gasteiger partial charge >= 0.3 is 0 Å². The van der Waals surface area contributed by atoms with Crippen LogP contribution in [0.25, 0.3) is 0 Å². The van der Waals surface area contributed by atoms with Crippen molar-refractivity contribution in [3.8, 4) is 0 Å². The maximum atomic E-state index is 9.49. The molecule has 0 spiro atoms. The Balaban J connectivity index is 3.77. The van der Waals surface area contributed by atoms with Gasteiger partial charge in [-0.2, -0.15) is 0 Å². The highest BCUT2D eigenvalue weighted by atomic mass is 16.3. The van der Waals surface area contributed by atoms with Gasteiger partial charge in [0.2, 0.25) is 0 Å². The maximum absolute atomic E-state index is 9.49. The van der Waals surface area contributed by atoms with Gasteiger partial charge in [-0.25, -0.2) is 0 Å². The molecule has 11 heavy (non-hydrogen) atoms. The summed E-state index contributed by atoms with van der Waals surface area (Å²) in [6.45, 7) is 8.75. The first kappa shape index (κ1) is 10.9. The topological polar surface area (TPSA) is 23.5 Å². The van der Waals surface area contributed by atoms with Crippen LogP contribution in [0, 0.1) is 0 Å². The summed E-state index contributed by atoms with van der Waals surface area (Å²) >= 11 is 0. The molecular weight excluding hydrogens is 138 g/mol. The molecule has 1 atom stereocenters. The molecular formula is C9H21NO. The minimum Gasteiger partial charge on any atom is -0.389 e. The molecule has 0 amide bonds. The number of likely N-dealkylation sites (N-methyl/N-ethyl adjacent to an activating group) is 1. The smallest absolute Gasteiger partial charge is 0.0718 e. The van der Waals surface area contributed by atoms with Crippen LogP contribution in [0.1, 0.15) is 34.1 Å². The van der Waals surface area contributed by atoms with Gasteiger partial charge in [-0.05, 0) is 34.2 Å². The van der Waals surface area contributed by atoms with Crippen LogP contribution in [0.2, 0.25) is 0 Å². The minimum atomic E-state index is -0.571. The number of nitrogens with zero attached hydrogens (tertiary/aromatic N) is 1. The second-order valence-electron chi connectivity index (χ2n) is 3.98. The van der Waals surface area contributed by atoms with Crippen molar-refractivity contribution in [2.24, 2.45) is 0 Å². The second kappa shape index (κ2) is 4.07. The Morgan fingerprint density at radius 3 is 2.18 bits per heavy atom. The van der Waals surface area contributed by atoms with Crippen LogP contribution < -0.4 is 0 Å². The summed E-state index contributed by atoms with van der Waals surface area (Å²) in [5.41, 5.74) is -0.571. The van der Waals surface area contributed by atoms with Crippen molar-refractivity contribution >= 4 is 0 Å². The van der Waals surface area contributed by atoms with Gasteiger partial charge in [0.25, 0.3) is 0 Å². The van der Waals surface area contributed by atoms with Gasteiger partial charge < -0.3 is 10.0 Å². The van der Waals surface area contributed by atoms with E-state index in [2.05, 4.69) is 18.7 Å². The average Bonchev–Trinajstić information content (AvgIpc) is 1.82. The van der Waals surface area contributed by atoms with Crippen LogP contribution in [0.5, 0.6) is 0 Å². The monoisotopic (exact) mass is 159 g/mol. The molecule has 0 saturated carbocycles. The summed E-state index contributed by atoms with van der Waals surface area (Å²) in [6.07, 6.45) is 1.13. The normalized spacial score (nSPS) is 15.5. The van der Waals surface area contributed by atoms with E-state index >= 15 is 0 Å². The highest BCUT2D eigenvalue weighted by Gasteiger charge is 2.17. The molecule has 0 rings (SSSR count). The molecule has 0 aromatic carbocycles. The van der Waals surface area contributed by atoms with Crippen molar-refractivity contribution < 1.29 is 5.11 Å². The fourth-order valence-electron chi connectivity index (χ4n) is 1.08. The Morgan fingerprint density at radius 1 is 1.45 bits per heavy atom. The Kier molecular flexibility index (Phi) is 4.04. The first-order valence-corrected chi connectivity index (χ1v) is 4.29. The van der Waals surface area contributed by atoms with Gasteiger partial charge in [-0.3, -0.25) is 0 Å². The predicted molar refractivity (Wildman–Crippen MR) is 48.7 cm³/mol. The van der Waals surface area contributed by atoms with E-state index in [-0.39, 0.29) is 0 Å². The molecule has 0 aromatic rings. The molecule has 0 aromatic heterocycles. The van der Waals surface area contributed by atoms with Gasteiger partial charge in [0, 0.05) is 12.6 Å².